The molecule has 1 aromatic heterocycles. The van der Waals surface area contributed by atoms with Crippen molar-refractivity contribution in [3.8, 4) is 11.5 Å². The number of benzene rings is 1. The summed E-state index contributed by atoms with van der Waals surface area (Å²) in [5.41, 5.74) is 8.38. The number of primary amides is 1. The summed E-state index contributed by atoms with van der Waals surface area (Å²) in [4.78, 5) is 41.8. The molecule has 9 heteroatoms. The number of carbonyl (C=O) groups excluding carboxylic acids is 3. The number of ketones is 1. The second kappa shape index (κ2) is 9.78. The fraction of sp³-hybridized carbons (Fsp3) is 0.280. The lowest BCUT2D eigenvalue weighted by molar-refractivity contribution is -0.120. The van der Waals surface area contributed by atoms with Crippen molar-refractivity contribution < 1.29 is 23.9 Å². The van der Waals surface area contributed by atoms with Crippen LogP contribution < -0.4 is 25.8 Å². The highest BCUT2D eigenvalue weighted by Crippen LogP contribution is 2.44. The van der Waals surface area contributed by atoms with Crippen LogP contribution >= 0.6 is 0 Å². The van der Waals surface area contributed by atoms with Gasteiger partial charge in [0.1, 0.15) is 5.82 Å². The minimum Gasteiger partial charge on any atom is -0.493 e. The van der Waals surface area contributed by atoms with Gasteiger partial charge in [0.15, 0.2) is 23.9 Å². The second-order valence-electron chi connectivity index (χ2n) is 8.10. The summed E-state index contributed by atoms with van der Waals surface area (Å²) in [5.74, 6) is -0.456. The van der Waals surface area contributed by atoms with Gasteiger partial charge in [0.2, 0.25) is 0 Å². The number of ether oxygens (including phenoxy) is 2. The highest BCUT2D eigenvalue weighted by Gasteiger charge is 2.38. The van der Waals surface area contributed by atoms with Crippen molar-refractivity contribution in [3.63, 3.8) is 0 Å². The maximum atomic E-state index is 13.5. The quantitative estimate of drug-likeness (QED) is 0.576. The Balaban J connectivity index is 1.78. The molecule has 1 aromatic carbocycles. The third-order valence-electron chi connectivity index (χ3n) is 5.82. The summed E-state index contributed by atoms with van der Waals surface area (Å²) in [6, 6.07) is 10.4. The van der Waals surface area contributed by atoms with E-state index in [1.165, 1.54) is 7.11 Å². The van der Waals surface area contributed by atoms with Gasteiger partial charge in [-0.25, -0.2) is 4.98 Å². The van der Waals surface area contributed by atoms with Gasteiger partial charge < -0.3 is 25.8 Å². The first-order valence-corrected chi connectivity index (χ1v) is 10.9. The molecule has 2 aromatic rings. The van der Waals surface area contributed by atoms with Crippen LogP contribution in [0.15, 0.2) is 65.1 Å². The lowest BCUT2D eigenvalue weighted by Gasteiger charge is -2.34. The number of Topliss-reactive ketones (excluding diaryl/α,β-unsaturated/α-hetero) is 1. The van der Waals surface area contributed by atoms with E-state index in [1.807, 2.05) is 6.92 Å². The van der Waals surface area contributed by atoms with Gasteiger partial charge in [-0.05, 0) is 49.6 Å². The first-order valence-electron chi connectivity index (χ1n) is 10.9. The molecule has 2 amide bonds. The van der Waals surface area contributed by atoms with Crippen molar-refractivity contribution >= 4 is 23.4 Å². The van der Waals surface area contributed by atoms with Gasteiger partial charge in [-0.15, -0.1) is 0 Å². The Morgan fingerprint density at radius 3 is 2.74 bits per heavy atom. The van der Waals surface area contributed by atoms with E-state index < -0.39 is 11.8 Å². The lowest BCUT2D eigenvalue weighted by atomic mass is 9.75. The molecule has 0 spiro atoms. The van der Waals surface area contributed by atoms with E-state index in [2.05, 4.69) is 15.6 Å². The zero-order valence-electron chi connectivity index (χ0n) is 19.0. The van der Waals surface area contributed by atoms with Crippen molar-refractivity contribution in [3.05, 3.63) is 70.7 Å². The molecular formula is C25H26N4O5. The maximum Gasteiger partial charge on any atom is 0.255 e. The standard InChI is InChI=1S/C25H26N4O5/c1-14-22(25(32)29-21-8-3-4-11-27-21)23(24-16(28-14)6-5-7-17(24)30)15-9-10-18(19(12-15)33-2)34-13-20(26)31/h3-4,8-12,23,28H,5-7,13H2,1-2H3,(H2,26,31)(H,27,29,32)/t23-/m1/s1. The summed E-state index contributed by atoms with van der Waals surface area (Å²) in [6.07, 6.45) is 3.49. The number of nitrogens with one attached hydrogen (secondary N) is 2. The van der Waals surface area contributed by atoms with Crippen LogP contribution in [0, 0.1) is 0 Å². The molecule has 0 unspecified atom stereocenters. The number of methoxy groups -OCH3 is 1. The Hall–Kier alpha value is -4.14. The summed E-state index contributed by atoms with van der Waals surface area (Å²) in [5, 5.41) is 6.12. The molecule has 9 nitrogen and oxygen atoms in total. The molecular weight excluding hydrogens is 436 g/mol. The Morgan fingerprint density at radius 2 is 2.03 bits per heavy atom. The van der Waals surface area contributed by atoms with Gasteiger partial charge in [-0.2, -0.15) is 0 Å². The molecule has 1 aliphatic carbocycles. The van der Waals surface area contributed by atoms with E-state index in [-0.39, 0.29) is 18.3 Å². The number of nitrogens with zero attached hydrogens (tertiary/aromatic N) is 1. The molecule has 0 fully saturated rings. The number of anilines is 1. The number of pyridine rings is 1. The number of amides is 2. The Bertz CT molecular complexity index is 1200. The van der Waals surface area contributed by atoms with E-state index >= 15 is 0 Å². The van der Waals surface area contributed by atoms with Crippen LogP contribution in [0.4, 0.5) is 5.82 Å². The van der Waals surface area contributed by atoms with Crippen molar-refractivity contribution in [2.75, 3.05) is 19.0 Å². The number of carbonyl (C=O) groups is 3. The molecule has 4 N–H and O–H groups in total. The fourth-order valence-corrected chi connectivity index (χ4v) is 4.37. The first kappa shape index (κ1) is 23.0. The van der Waals surface area contributed by atoms with E-state index in [4.69, 9.17) is 15.2 Å². The number of aromatic nitrogens is 1. The molecule has 0 bridgehead atoms. The monoisotopic (exact) mass is 462 g/mol. The van der Waals surface area contributed by atoms with Crippen LogP contribution in [-0.2, 0) is 14.4 Å². The first-order chi connectivity index (χ1) is 16.4. The minimum absolute atomic E-state index is 0.00223. The number of allylic oxidation sites excluding steroid dienone is 3. The SMILES string of the molecule is COc1cc([C@@H]2C(C(=O)Nc3ccccn3)=C(C)NC3=C2C(=O)CCC3)ccc1OCC(N)=O. The van der Waals surface area contributed by atoms with Crippen LogP contribution in [0.3, 0.4) is 0 Å². The van der Waals surface area contributed by atoms with Crippen LogP contribution in [0.2, 0.25) is 0 Å². The van der Waals surface area contributed by atoms with Crippen LogP contribution in [0.1, 0.15) is 37.7 Å². The van der Waals surface area contributed by atoms with Crippen molar-refractivity contribution in [2.45, 2.75) is 32.1 Å². The molecule has 4 rings (SSSR count). The van der Waals surface area contributed by atoms with Crippen LogP contribution in [0.5, 0.6) is 11.5 Å². The van der Waals surface area contributed by atoms with Gasteiger partial charge in [0.05, 0.1) is 7.11 Å². The molecule has 176 valence electrons. The molecule has 1 atom stereocenters. The third kappa shape index (κ3) is 4.63. The highest BCUT2D eigenvalue weighted by atomic mass is 16.5. The lowest BCUT2D eigenvalue weighted by Crippen LogP contribution is -2.35. The van der Waals surface area contributed by atoms with Crippen molar-refractivity contribution in [1.82, 2.24) is 10.3 Å². The Morgan fingerprint density at radius 1 is 1.21 bits per heavy atom. The van der Waals surface area contributed by atoms with Gasteiger partial charge in [0, 0.05) is 41.1 Å². The Labute approximate surface area is 197 Å². The average Bonchev–Trinajstić information content (AvgIpc) is 2.82. The summed E-state index contributed by atoms with van der Waals surface area (Å²) >= 11 is 0. The van der Waals surface area contributed by atoms with Gasteiger partial charge in [-0.1, -0.05) is 12.1 Å². The molecule has 0 saturated carbocycles. The molecule has 1 aliphatic heterocycles. The van der Waals surface area contributed by atoms with Gasteiger partial charge >= 0.3 is 0 Å². The number of rotatable bonds is 7. The Kier molecular flexibility index (Phi) is 6.62. The van der Waals surface area contributed by atoms with E-state index in [9.17, 15) is 14.4 Å². The van der Waals surface area contributed by atoms with Crippen LogP contribution in [0.25, 0.3) is 0 Å². The van der Waals surface area contributed by atoms with E-state index in [0.29, 0.717) is 46.1 Å². The molecule has 34 heavy (non-hydrogen) atoms. The molecule has 2 aliphatic rings. The predicted molar refractivity (Wildman–Crippen MR) is 125 cm³/mol. The summed E-state index contributed by atoms with van der Waals surface area (Å²) in [6.45, 7) is 1.53. The number of dihydropyridines is 1. The van der Waals surface area contributed by atoms with Crippen molar-refractivity contribution in [2.24, 2.45) is 5.73 Å². The van der Waals surface area contributed by atoms with Crippen molar-refractivity contribution in [1.29, 1.82) is 0 Å². The second-order valence-corrected chi connectivity index (χ2v) is 8.10. The van der Waals surface area contributed by atoms with E-state index in [0.717, 1.165) is 18.5 Å². The highest BCUT2D eigenvalue weighted by molar-refractivity contribution is 6.09. The zero-order chi connectivity index (χ0) is 24.2. The molecule has 0 saturated heterocycles. The number of hydrogen-bond donors (Lipinski definition) is 3. The summed E-state index contributed by atoms with van der Waals surface area (Å²) in [7, 11) is 1.48. The normalized spacial score (nSPS) is 17.6. The zero-order valence-corrected chi connectivity index (χ0v) is 19.0. The minimum atomic E-state index is -0.612. The van der Waals surface area contributed by atoms with E-state index in [1.54, 1.807) is 42.6 Å². The van der Waals surface area contributed by atoms with Crippen LogP contribution in [-0.4, -0.2) is 36.3 Å². The average molecular weight is 463 g/mol. The number of nitrogens with two attached hydrogens (primary N) is 1. The van der Waals surface area contributed by atoms with Gasteiger partial charge in [0.25, 0.3) is 11.8 Å². The molecule has 2 heterocycles. The topological polar surface area (TPSA) is 133 Å². The predicted octanol–water partition coefficient (Wildman–Crippen LogP) is 2.56. The van der Waals surface area contributed by atoms with Gasteiger partial charge in [-0.3, -0.25) is 14.4 Å². The summed E-state index contributed by atoms with van der Waals surface area (Å²) < 4.78 is 10.9. The number of hydrogen-bond acceptors (Lipinski definition) is 7. The largest absolute Gasteiger partial charge is 0.493 e. The smallest absolute Gasteiger partial charge is 0.255 e. The maximum absolute atomic E-state index is 13.5. The fourth-order valence-electron chi connectivity index (χ4n) is 4.37. The molecule has 0 radical (unpaired) electrons. The third-order valence-corrected chi connectivity index (χ3v) is 5.82.